The van der Waals surface area contributed by atoms with E-state index in [1.165, 1.54) is 12.8 Å². The van der Waals surface area contributed by atoms with Gasteiger partial charge in [-0.1, -0.05) is 0 Å². The largest absolute Gasteiger partial charge is 0.396 e. The lowest BCUT2D eigenvalue weighted by molar-refractivity contribution is -0.129. The van der Waals surface area contributed by atoms with Crippen LogP contribution >= 0.6 is 0 Å². The van der Waals surface area contributed by atoms with Gasteiger partial charge in [-0.2, -0.15) is 0 Å². The van der Waals surface area contributed by atoms with E-state index in [0.717, 1.165) is 6.42 Å². The molecular weight excluding hydrogens is 256 g/mol. The lowest BCUT2D eigenvalue weighted by Crippen LogP contribution is -2.45. The molecule has 2 rings (SSSR count). The van der Waals surface area contributed by atoms with Crippen molar-refractivity contribution < 1.29 is 14.7 Å². The molecule has 0 aromatic rings. The Balaban J connectivity index is 1.73. The first-order chi connectivity index (χ1) is 9.52. The van der Waals surface area contributed by atoms with Crippen molar-refractivity contribution in [1.29, 1.82) is 0 Å². The van der Waals surface area contributed by atoms with Gasteiger partial charge >= 0.3 is 0 Å². The zero-order chi connectivity index (χ0) is 14.7. The smallest absolute Gasteiger partial charge is 0.222 e. The quantitative estimate of drug-likeness (QED) is 0.756. The van der Waals surface area contributed by atoms with Crippen LogP contribution in [0, 0.1) is 17.8 Å². The first kappa shape index (κ1) is 15.3. The van der Waals surface area contributed by atoms with Crippen molar-refractivity contribution in [1.82, 2.24) is 10.2 Å². The number of hydrogen-bond acceptors (Lipinski definition) is 3. The molecule has 20 heavy (non-hydrogen) atoms. The van der Waals surface area contributed by atoms with Crippen molar-refractivity contribution in [2.24, 2.45) is 17.8 Å². The minimum absolute atomic E-state index is 0.0209. The molecule has 5 nitrogen and oxygen atoms in total. The molecule has 0 spiro atoms. The molecule has 5 heteroatoms. The standard InChI is InChI=1S/C15H26N2O3/c1-17(2)14(20)5-3-4-13(19)16-15-11-7-6-10(8-11)12(15)9-18/h10-12,15,18H,3-9H2,1-2H3,(H,16,19). The maximum atomic E-state index is 12.0. The van der Waals surface area contributed by atoms with Crippen LogP contribution in [0.4, 0.5) is 0 Å². The minimum Gasteiger partial charge on any atom is -0.396 e. The molecule has 2 aliphatic rings. The second-order valence-corrected chi connectivity index (χ2v) is 6.41. The first-order valence-electron chi connectivity index (χ1n) is 7.63. The number of aliphatic hydroxyl groups is 1. The molecule has 2 N–H and O–H groups in total. The summed E-state index contributed by atoms with van der Waals surface area (Å²) >= 11 is 0. The van der Waals surface area contributed by atoms with Crippen LogP contribution in [0.25, 0.3) is 0 Å². The predicted octanol–water partition coefficient (Wildman–Crippen LogP) is 0.768. The van der Waals surface area contributed by atoms with Gasteiger partial charge in [0.05, 0.1) is 0 Å². The van der Waals surface area contributed by atoms with Crippen molar-refractivity contribution in [2.75, 3.05) is 20.7 Å². The number of nitrogens with one attached hydrogen (secondary N) is 1. The molecule has 4 unspecified atom stereocenters. The monoisotopic (exact) mass is 282 g/mol. The third-order valence-electron chi connectivity index (χ3n) is 4.92. The molecule has 0 radical (unpaired) electrons. The van der Waals surface area contributed by atoms with Gasteiger partial charge < -0.3 is 15.3 Å². The normalized spacial score (nSPS) is 31.4. The van der Waals surface area contributed by atoms with Crippen LogP contribution in [0.2, 0.25) is 0 Å². The van der Waals surface area contributed by atoms with E-state index in [4.69, 9.17) is 0 Å². The molecular formula is C15H26N2O3. The maximum Gasteiger partial charge on any atom is 0.222 e. The molecule has 4 atom stereocenters. The van der Waals surface area contributed by atoms with Crippen molar-refractivity contribution in [2.45, 2.75) is 44.6 Å². The van der Waals surface area contributed by atoms with Crippen LogP contribution in [0.3, 0.4) is 0 Å². The molecule has 0 saturated heterocycles. The molecule has 114 valence electrons. The van der Waals surface area contributed by atoms with Crippen LogP contribution in [0.15, 0.2) is 0 Å². The fourth-order valence-electron chi connectivity index (χ4n) is 3.78. The Kier molecular flexibility index (Phi) is 5.02. The van der Waals surface area contributed by atoms with E-state index in [9.17, 15) is 14.7 Å². The van der Waals surface area contributed by atoms with E-state index in [2.05, 4.69) is 5.32 Å². The van der Waals surface area contributed by atoms with Crippen molar-refractivity contribution in [3.05, 3.63) is 0 Å². The number of aliphatic hydroxyl groups excluding tert-OH is 1. The summed E-state index contributed by atoms with van der Waals surface area (Å²) in [5.74, 6) is 1.45. The average molecular weight is 282 g/mol. The van der Waals surface area contributed by atoms with Crippen LogP contribution in [-0.4, -0.2) is 48.6 Å². The molecule has 2 bridgehead atoms. The predicted molar refractivity (Wildman–Crippen MR) is 75.9 cm³/mol. The van der Waals surface area contributed by atoms with Crippen LogP contribution in [0.5, 0.6) is 0 Å². The van der Waals surface area contributed by atoms with Gasteiger partial charge in [0.2, 0.25) is 11.8 Å². The number of rotatable bonds is 6. The van der Waals surface area contributed by atoms with E-state index in [0.29, 0.717) is 31.1 Å². The summed E-state index contributed by atoms with van der Waals surface area (Å²) in [4.78, 5) is 25.0. The van der Waals surface area contributed by atoms with E-state index in [-0.39, 0.29) is 30.4 Å². The van der Waals surface area contributed by atoms with Gasteiger partial charge in [0.1, 0.15) is 0 Å². The SMILES string of the molecule is CN(C)C(=O)CCCC(=O)NC1C2CCC(C2)C1CO. The second-order valence-electron chi connectivity index (χ2n) is 6.41. The summed E-state index contributed by atoms with van der Waals surface area (Å²) in [7, 11) is 3.45. The molecule has 2 fully saturated rings. The lowest BCUT2D eigenvalue weighted by atomic mass is 9.85. The molecule has 0 heterocycles. The van der Waals surface area contributed by atoms with Crippen molar-refractivity contribution in [3.63, 3.8) is 0 Å². The fourth-order valence-corrected chi connectivity index (χ4v) is 3.78. The van der Waals surface area contributed by atoms with Crippen LogP contribution in [0.1, 0.15) is 38.5 Å². The van der Waals surface area contributed by atoms with Gasteiger partial charge in [-0.3, -0.25) is 9.59 Å². The Bertz CT molecular complexity index is 370. The summed E-state index contributed by atoms with van der Waals surface area (Å²) in [6, 6.07) is 0.149. The van der Waals surface area contributed by atoms with Gasteiger partial charge in [0.25, 0.3) is 0 Å². The molecule has 2 saturated carbocycles. The Morgan fingerprint density at radius 1 is 1.20 bits per heavy atom. The molecule has 0 aliphatic heterocycles. The highest BCUT2D eigenvalue weighted by Crippen LogP contribution is 2.48. The second kappa shape index (κ2) is 6.57. The number of hydrogen-bond donors (Lipinski definition) is 2. The van der Waals surface area contributed by atoms with E-state index >= 15 is 0 Å². The summed E-state index contributed by atoms with van der Waals surface area (Å²) in [5.41, 5.74) is 0. The summed E-state index contributed by atoms with van der Waals surface area (Å²) < 4.78 is 0. The topological polar surface area (TPSA) is 69.6 Å². The fraction of sp³-hybridized carbons (Fsp3) is 0.867. The third-order valence-corrected chi connectivity index (χ3v) is 4.92. The Morgan fingerprint density at radius 3 is 2.55 bits per heavy atom. The molecule has 0 aromatic carbocycles. The van der Waals surface area contributed by atoms with Crippen LogP contribution in [-0.2, 0) is 9.59 Å². The number of carbonyl (C=O) groups excluding carboxylic acids is 2. The lowest BCUT2D eigenvalue weighted by Gasteiger charge is -2.30. The van der Waals surface area contributed by atoms with Crippen molar-refractivity contribution >= 4 is 11.8 Å². The summed E-state index contributed by atoms with van der Waals surface area (Å²) in [6.07, 6.45) is 4.92. The number of carbonyl (C=O) groups is 2. The minimum atomic E-state index is 0.0209. The van der Waals surface area contributed by atoms with Gasteiger partial charge in [0.15, 0.2) is 0 Å². The zero-order valence-electron chi connectivity index (χ0n) is 12.5. The van der Waals surface area contributed by atoms with Gasteiger partial charge in [-0.05, 0) is 37.5 Å². The van der Waals surface area contributed by atoms with Crippen LogP contribution < -0.4 is 5.32 Å². The van der Waals surface area contributed by atoms with E-state index in [1.54, 1.807) is 19.0 Å². The highest BCUT2D eigenvalue weighted by Gasteiger charge is 2.47. The molecule has 2 aliphatic carbocycles. The Morgan fingerprint density at radius 2 is 1.90 bits per heavy atom. The number of fused-ring (bicyclic) bond motifs is 2. The van der Waals surface area contributed by atoms with Gasteiger partial charge in [-0.25, -0.2) is 0 Å². The van der Waals surface area contributed by atoms with Gasteiger partial charge in [-0.15, -0.1) is 0 Å². The summed E-state index contributed by atoms with van der Waals surface area (Å²) in [6.45, 7) is 0.172. The molecule has 0 aromatic heterocycles. The Hall–Kier alpha value is -1.10. The summed E-state index contributed by atoms with van der Waals surface area (Å²) in [5, 5.41) is 12.6. The highest BCUT2D eigenvalue weighted by molar-refractivity contribution is 5.78. The maximum absolute atomic E-state index is 12.0. The van der Waals surface area contributed by atoms with Gasteiger partial charge in [0, 0.05) is 45.5 Å². The van der Waals surface area contributed by atoms with E-state index < -0.39 is 0 Å². The Labute approximate surface area is 120 Å². The first-order valence-corrected chi connectivity index (χ1v) is 7.63. The van der Waals surface area contributed by atoms with E-state index in [1.807, 2.05) is 0 Å². The molecule has 2 amide bonds. The third kappa shape index (κ3) is 3.32. The number of amides is 2. The van der Waals surface area contributed by atoms with Crippen molar-refractivity contribution in [3.8, 4) is 0 Å². The number of nitrogens with zero attached hydrogens (tertiary/aromatic N) is 1. The average Bonchev–Trinajstić information content (AvgIpc) is 2.99. The highest BCUT2D eigenvalue weighted by atomic mass is 16.3. The zero-order valence-corrected chi connectivity index (χ0v) is 12.5.